The zero-order valence-corrected chi connectivity index (χ0v) is 11.9. The van der Waals surface area contributed by atoms with Crippen LogP contribution in [-0.4, -0.2) is 5.91 Å². The van der Waals surface area contributed by atoms with E-state index >= 15 is 0 Å². The third-order valence-corrected chi connectivity index (χ3v) is 3.27. The first-order valence-corrected chi connectivity index (χ1v) is 6.75. The number of rotatable bonds is 4. The number of nitrogens with two attached hydrogens (primary N) is 1. The number of hydrogen-bond donors (Lipinski definition) is 2. The van der Waals surface area contributed by atoms with Gasteiger partial charge in [-0.2, -0.15) is 0 Å². The molecule has 104 valence electrons. The Morgan fingerprint density at radius 3 is 2.55 bits per heavy atom. The van der Waals surface area contributed by atoms with Crippen molar-refractivity contribution in [3.05, 3.63) is 65.2 Å². The van der Waals surface area contributed by atoms with Crippen molar-refractivity contribution in [3.8, 4) is 0 Å². The molecule has 1 unspecified atom stereocenters. The molecule has 2 aromatic carbocycles. The highest BCUT2D eigenvalue weighted by Crippen LogP contribution is 2.15. The Balaban J connectivity index is 1.95. The van der Waals surface area contributed by atoms with Crippen molar-refractivity contribution in [3.63, 3.8) is 0 Å². The van der Waals surface area contributed by atoms with Crippen molar-refractivity contribution in [2.24, 2.45) is 0 Å². The largest absolute Gasteiger partial charge is 0.399 e. The summed E-state index contributed by atoms with van der Waals surface area (Å²) in [5, 5.41) is 2.99. The van der Waals surface area contributed by atoms with Crippen LogP contribution in [0.3, 0.4) is 0 Å². The summed E-state index contributed by atoms with van der Waals surface area (Å²) < 4.78 is 0. The number of benzene rings is 2. The normalized spacial score (nSPS) is 11.9. The fourth-order valence-corrected chi connectivity index (χ4v) is 2.10. The minimum absolute atomic E-state index is 0.0174. The van der Waals surface area contributed by atoms with E-state index in [0.717, 1.165) is 11.1 Å². The lowest BCUT2D eigenvalue weighted by molar-refractivity contribution is -0.121. The Kier molecular flexibility index (Phi) is 4.41. The summed E-state index contributed by atoms with van der Waals surface area (Å²) in [5.74, 6) is 0.0174. The Labute approximate surface area is 119 Å². The van der Waals surface area contributed by atoms with Gasteiger partial charge in [0, 0.05) is 5.69 Å². The molecule has 0 saturated carbocycles. The monoisotopic (exact) mass is 268 g/mol. The Bertz CT molecular complexity index is 590. The van der Waals surface area contributed by atoms with E-state index in [0.29, 0.717) is 12.1 Å². The smallest absolute Gasteiger partial charge is 0.224 e. The van der Waals surface area contributed by atoms with Crippen LogP contribution in [0.5, 0.6) is 0 Å². The van der Waals surface area contributed by atoms with E-state index in [1.165, 1.54) is 5.56 Å². The molecular weight excluding hydrogens is 248 g/mol. The molecule has 3 N–H and O–H groups in total. The quantitative estimate of drug-likeness (QED) is 0.837. The maximum Gasteiger partial charge on any atom is 0.224 e. The first kappa shape index (κ1) is 14.1. The van der Waals surface area contributed by atoms with Gasteiger partial charge in [0.05, 0.1) is 12.5 Å². The number of hydrogen-bond acceptors (Lipinski definition) is 2. The highest BCUT2D eigenvalue weighted by molar-refractivity contribution is 5.79. The van der Waals surface area contributed by atoms with Crippen LogP contribution in [0.2, 0.25) is 0 Å². The van der Waals surface area contributed by atoms with Gasteiger partial charge in [0.2, 0.25) is 5.91 Å². The van der Waals surface area contributed by atoms with Crippen molar-refractivity contribution in [2.75, 3.05) is 5.73 Å². The second kappa shape index (κ2) is 6.24. The summed E-state index contributed by atoms with van der Waals surface area (Å²) in [6.45, 7) is 3.99. The fourth-order valence-electron chi connectivity index (χ4n) is 2.10. The van der Waals surface area contributed by atoms with E-state index < -0.39 is 0 Å². The van der Waals surface area contributed by atoms with E-state index in [1.54, 1.807) is 0 Å². The molecule has 0 aliphatic carbocycles. The summed E-state index contributed by atoms with van der Waals surface area (Å²) >= 11 is 0. The zero-order chi connectivity index (χ0) is 14.5. The van der Waals surface area contributed by atoms with Gasteiger partial charge in [0.15, 0.2) is 0 Å². The summed E-state index contributed by atoms with van der Waals surface area (Å²) in [6.07, 6.45) is 0.396. The lowest BCUT2D eigenvalue weighted by Crippen LogP contribution is -2.28. The molecule has 2 rings (SSSR count). The van der Waals surface area contributed by atoms with Crippen molar-refractivity contribution in [1.82, 2.24) is 5.32 Å². The molecule has 0 bridgehead atoms. The molecule has 0 fully saturated rings. The van der Waals surface area contributed by atoms with Gasteiger partial charge in [0.1, 0.15) is 0 Å². The molecule has 3 nitrogen and oxygen atoms in total. The predicted octanol–water partition coefficient (Wildman–Crippen LogP) is 3.00. The second-order valence-electron chi connectivity index (χ2n) is 5.12. The minimum Gasteiger partial charge on any atom is -0.399 e. The van der Waals surface area contributed by atoms with Gasteiger partial charge in [-0.3, -0.25) is 4.79 Å². The number of nitrogen functional groups attached to an aromatic ring is 1. The summed E-state index contributed by atoms with van der Waals surface area (Å²) in [5.41, 5.74) is 9.70. The summed E-state index contributed by atoms with van der Waals surface area (Å²) in [4.78, 5) is 12.0. The molecule has 0 aliphatic rings. The van der Waals surface area contributed by atoms with Crippen LogP contribution in [0.4, 0.5) is 5.69 Å². The molecule has 0 saturated heterocycles. The van der Waals surface area contributed by atoms with E-state index in [9.17, 15) is 4.79 Å². The van der Waals surface area contributed by atoms with E-state index in [2.05, 4.69) is 5.32 Å². The van der Waals surface area contributed by atoms with Gasteiger partial charge in [0.25, 0.3) is 0 Å². The van der Waals surface area contributed by atoms with Gasteiger partial charge < -0.3 is 11.1 Å². The van der Waals surface area contributed by atoms with Crippen molar-refractivity contribution < 1.29 is 4.79 Å². The van der Waals surface area contributed by atoms with Crippen LogP contribution in [0, 0.1) is 6.92 Å². The lowest BCUT2D eigenvalue weighted by atomic mass is 10.1. The van der Waals surface area contributed by atoms with Crippen molar-refractivity contribution in [2.45, 2.75) is 26.3 Å². The maximum absolute atomic E-state index is 12.0. The minimum atomic E-state index is -0.0450. The van der Waals surface area contributed by atoms with Crippen LogP contribution >= 0.6 is 0 Å². The first-order valence-electron chi connectivity index (χ1n) is 6.75. The van der Waals surface area contributed by atoms with E-state index in [-0.39, 0.29) is 11.9 Å². The Morgan fingerprint density at radius 2 is 1.90 bits per heavy atom. The van der Waals surface area contributed by atoms with Crippen LogP contribution in [0.15, 0.2) is 48.5 Å². The summed E-state index contributed by atoms with van der Waals surface area (Å²) in [6, 6.07) is 15.5. The van der Waals surface area contributed by atoms with Gasteiger partial charge in [-0.25, -0.2) is 0 Å². The zero-order valence-electron chi connectivity index (χ0n) is 11.9. The lowest BCUT2D eigenvalue weighted by Gasteiger charge is -2.15. The third-order valence-electron chi connectivity index (χ3n) is 3.27. The molecule has 0 spiro atoms. The standard InChI is InChI=1S/C17H20N2O/c1-12-6-8-14(9-7-12)10-17(20)19-13(2)15-4-3-5-16(18)11-15/h3-9,11,13H,10,18H2,1-2H3,(H,19,20). The summed E-state index contributed by atoms with van der Waals surface area (Å²) in [7, 11) is 0. The Morgan fingerprint density at radius 1 is 1.20 bits per heavy atom. The maximum atomic E-state index is 12.0. The first-order chi connectivity index (χ1) is 9.54. The molecule has 0 heterocycles. The third kappa shape index (κ3) is 3.85. The molecule has 3 heteroatoms. The van der Waals surface area contributed by atoms with E-state index in [4.69, 9.17) is 5.73 Å². The highest BCUT2D eigenvalue weighted by Gasteiger charge is 2.10. The van der Waals surface area contributed by atoms with Crippen LogP contribution < -0.4 is 11.1 Å². The number of amides is 1. The fraction of sp³-hybridized carbons (Fsp3) is 0.235. The number of aryl methyl sites for hydroxylation is 1. The average molecular weight is 268 g/mol. The van der Waals surface area contributed by atoms with Gasteiger partial charge >= 0.3 is 0 Å². The SMILES string of the molecule is Cc1ccc(CC(=O)NC(C)c2cccc(N)c2)cc1. The molecule has 0 aromatic heterocycles. The number of nitrogens with one attached hydrogen (secondary N) is 1. The Hall–Kier alpha value is -2.29. The molecule has 1 amide bonds. The van der Waals surface area contributed by atoms with Crippen molar-refractivity contribution >= 4 is 11.6 Å². The van der Waals surface area contributed by atoms with Crippen LogP contribution in [0.25, 0.3) is 0 Å². The number of anilines is 1. The molecule has 1 atom stereocenters. The van der Waals surface area contributed by atoms with Crippen LogP contribution in [-0.2, 0) is 11.2 Å². The number of carbonyl (C=O) groups is 1. The number of carbonyl (C=O) groups excluding carboxylic acids is 1. The van der Waals surface area contributed by atoms with Crippen LogP contribution in [0.1, 0.15) is 29.7 Å². The van der Waals surface area contributed by atoms with Gasteiger partial charge in [-0.05, 0) is 37.1 Å². The van der Waals surface area contributed by atoms with Gasteiger partial charge in [-0.1, -0.05) is 42.0 Å². The molecular formula is C17H20N2O. The van der Waals surface area contributed by atoms with Gasteiger partial charge in [-0.15, -0.1) is 0 Å². The molecule has 0 aliphatic heterocycles. The van der Waals surface area contributed by atoms with Crippen molar-refractivity contribution in [1.29, 1.82) is 0 Å². The highest BCUT2D eigenvalue weighted by atomic mass is 16.1. The predicted molar refractivity (Wildman–Crippen MR) is 82.3 cm³/mol. The second-order valence-corrected chi connectivity index (χ2v) is 5.12. The molecule has 0 radical (unpaired) electrons. The molecule has 20 heavy (non-hydrogen) atoms. The average Bonchev–Trinajstić information content (AvgIpc) is 2.41. The topological polar surface area (TPSA) is 55.1 Å². The molecule has 2 aromatic rings. The van der Waals surface area contributed by atoms with E-state index in [1.807, 2.05) is 62.4 Å².